The summed E-state index contributed by atoms with van der Waals surface area (Å²) >= 11 is 49.6. The lowest BCUT2D eigenvalue weighted by Gasteiger charge is -2.24. The average Bonchev–Trinajstić information content (AvgIpc) is 3.35. The van der Waals surface area contributed by atoms with E-state index in [-0.39, 0.29) is 85.1 Å². The first-order chi connectivity index (χ1) is 18.9. The van der Waals surface area contributed by atoms with Crippen molar-refractivity contribution in [1.29, 1.82) is 0 Å². The van der Waals surface area contributed by atoms with Crippen LogP contribution in [0.2, 0.25) is 40.2 Å². The predicted octanol–water partition coefficient (Wildman–Crippen LogP) is 9.49. The minimum Gasteiger partial charge on any atom is -0.353 e. The highest BCUT2D eigenvalue weighted by Gasteiger charge is 2.45. The Labute approximate surface area is 264 Å². The number of nitrogens with one attached hydrogen (secondary N) is 1. The minimum atomic E-state index is -0.798. The van der Waals surface area contributed by atoms with Gasteiger partial charge in [-0.1, -0.05) is 111 Å². The number of Topliss-reactive ketones (excluding diaryl/α,β-unsaturated/α-hetero) is 2. The number of carbonyl (C=O) groups is 4. The van der Waals surface area contributed by atoms with Gasteiger partial charge in [-0.05, 0) is 12.1 Å². The minimum absolute atomic E-state index is 0.0595. The fourth-order valence-corrected chi connectivity index (χ4v) is 6.78. The summed E-state index contributed by atoms with van der Waals surface area (Å²) in [4.78, 5) is 54.7. The molecule has 200 valence electrons. The van der Waals surface area contributed by atoms with Gasteiger partial charge in [-0.25, -0.2) is 4.90 Å². The van der Waals surface area contributed by atoms with Gasteiger partial charge in [0.25, 0.3) is 11.8 Å². The lowest BCUT2D eigenvalue weighted by atomic mass is 10.0. The van der Waals surface area contributed by atoms with Crippen LogP contribution in [0.4, 0.5) is 11.4 Å². The molecule has 2 aliphatic heterocycles. The Bertz CT molecular complexity index is 1800. The molecule has 0 bridgehead atoms. The third-order valence-corrected chi connectivity index (χ3v) is 10.2. The van der Waals surface area contributed by atoms with Crippen molar-refractivity contribution < 1.29 is 19.2 Å². The number of benzene rings is 3. The van der Waals surface area contributed by atoms with Crippen molar-refractivity contribution in [2.24, 2.45) is 0 Å². The van der Waals surface area contributed by atoms with Crippen molar-refractivity contribution in [2.75, 3.05) is 10.2 Å². The molecule has 0 radical (unpaired) electrons. The fourth-order valence-electron chi connectivity index (χ4n) is 4.74. The molecule has 3 aliphatic rings. The monoisotopic (exact) mass is 690 g/mol. The van der Waals surface area contributed by atoms with Crippen molar-refractivity contribution in [1.82, 2.24) is 0 Å². The summed E-state index contributed by atoms with van der Waals surface area (Å²) in [5.41, 5.74) is -0.150. The lowest BCUT2D eigenvalue weighted by Crippen LogP contribution is -2.30. The van der Waals surface area contributed by atoms with E-state index in [1.807, 2.05) is 0 Å². The van der Waals surface area contributed by atoms with E-state index in [4.69, 9.17) is 92.8 Å². The van der Waals surface area contributed by atoms with E-state index >= 15 is 0 Å². The van der Waals surface area contributed by atoms with Crippen LogP contribution < -0.4 is 10.2 Å². The summed E-state index contributed by atoms with van der Waals surface area (Å²) in [6.45, 7) is 0. The number of fused-ring (bicyclic) bond motifs is 3. The maximum atomic E-state index is 13.5. The van der Waals surface area contributed by atoms with Gasteiger partial charge in [0.1, 0.15) is 0 Å². The summed E-state index contributed by atoms with van der Waals surface area (Å²) in [5.74, 6) is -3.07. The van der Waals surface area contributed by atoms with Crippen LogP contribution >= 0.6 is 92.8 Å². The molecule has 2 amide bonds. The molecular formula is C26H6Cl8N2O4. The third-order valence-electron chi connectivity index (χ3n) is 6.55. The van der Waals surface area contributed by atoms with Crippen LogP contribution in [0.15, 0.2) is 35.5 Å². The quantitative estimate of drug-likeness (QED) is 0.0903. The summed E-state index contributed by atoms with van der Waals surface area (Å²) in [5, 5.41) is 1.46. The first kappa shape index (κ1) is 27.9. The number of rotatable bonds is 1. The molecule has 0 unspecified atom stereocenters. The van der Waals surface area contributed by atoms with Crippen LogP contribution in [-0.2, 0) is 0 Å². The van der Waals surface area contributed by atoms with Gasteiger partial charge in [0.15, 0.2) is 0 Å². The number of allylic oxidation sites excluding steroid dienone is 2. The second kappa shape index (κ2) is 9.65. The van der Waals surface area contributed by atoms with Crippen LogP contribution in [0, 0.1) is 0 Å². The second-order valence-electron chi connectivity index (χ2n) is 8.60. The number of halogens is 8. The molecule has 0 saturated carbocycles. The first-order valence-electron chi connectivity index (χ1n) is 10.9. The Kier molecular flexibility index (Phi) is 6.73. The average molecular weight is 694 g/mol. The standard InChI is InChI=1S/C26H6Cl8N2O4/c27-14-10-11(15(28)19(32)18(14)31)24(38)9(23(10)37)7-5-4-6-2-1-3-8(22(6)35-7)36-25(39)12-13(26(36)40)17(30)21(34)20(33)16(12)29/h1-5,35H. The molecule has 3 aromatic rings. The molecule has 6 rings (SSSR count). The summed E-state index contributed by atoms with van der Waals surface area (Å²) in [7, 11) is 0. The third kappa shape index (κ3) is 3.65. The van der Waals surface area contributed by atoms with Gasteiger partial charge >= 0.3 is 0 Å². The molecular weight excluding hydrogens is 688 g/mol. The number of anilines is 2. The molecule has 14 heteroatoms. The fraction of sp³-hybridized carbons (Fsp3) is 0. The lowest BCUT2D eigenvalue weighted by molar-refractivity contribution is 0.0922. The SMILES string of the molecule is O=C1C(=C2C=Cc3cccc(N4C(=O)c5c(Cl)c(Cl)c(Cl)c(Cl)c5C4=O)c3N2)C(=O)c2c(Cl)c(Cl)c(Cl)c(Cl)c21. The van der Waals surface area contributed by atoms with Gasteiger partial charge in [-0.15, -0.1) is 0 Å². The number of hydrogen-bond donors (Lipinski definition) is 1. The summed E-state index contributed by atoms with van der Waals surface area (Å²) in [6.07, 6.45) is 3.08. The Hall–Kier alpha value is -2.26. The van der Waals surface area contributed by atoms with Crippen molar-refractivity contribution in [2.45, 2.75) is 0 Å². The molecule has 2 heterocycles. The molecule has 6 nitrogen and oxygen atoms in total. The predicted molar refractivity (Wildman–Crippen MR) is 159 cm³/mol. The van der Waals surface area contributed by atoms with Gasteiger partial charge in [0.05, 0.1) is 85.1 Å². The largest absolute Gasteiger partial charge is 0.353 e. The smallest absolute Gasteiger partial charge is 0.267 e. The van der Waals surface area contributed by atoms with Crippen LogP contribution in [0.25, 0.3) is 6.08 Å². The Morgan fingerprint density at radius 1 is 0.550 bits per heavy atom. The van der Waals surface area contributed by atoms with Gasteiger partial charge in [-0.2, -0.15) is 0 Å². The van der Waals surface area contributed by atoms with Crippen LogP contribution in [0.3, 0.4) is 0 Å². The Balaban J connectivity index is 1.49. The number of nitrogens with zero attached hydrogens (tertiary/aromatic N) is 1. The van der Waals surface area contributed by atoms with Crippen molar-refractivity contribution in [3.8, 4) is 0 Å². The zero-order valence-corrected chi connectivity index (χ0v) is 25.0. The summed E-state index contributed by atoms with van der Waals surface area (Å²) < 4.78 is 0. The highest BCUT2D eigenvalue weighted by atomic mass is 35.5. The molecule has 1 aliphatic carbocycles. The van der Waals surface area contributed by atoms with Gasteiger partial charge in [0, 0.05) is 5.56 Å². The zero-order valence-electron chi connectivity index (χ0n) is 19.0. The van der Waals surface area contributed by atoms with Gasteiger partial charge in [0.2, 0.25) is 11.6 Å². The van der Waals surface area contributed by atoms with E-state index in [0.29, 0.717) is 5.56 Å². The molecule has 0 saturated heterocycles. The maximum absolute atomic E-state index is 13.5. The summed E-state index contributed by atoms with van der Waals surface area (Å²) in [6, 6.07) is 4.78. The van der Waals surface area contributed by atoms with E-state index in [0.717, 1.165) is 4.90 Å². The van der Waals surface area contributed by atoms with Crippen LogP contribution in [0.1, 0.15) is 47.0 Å². The van der Waals surface area contributed by atoms with Crippen molar-refractivity contribution in [3.63, 3.8) is 0 Å². The van der Waals surface area contributed by atoms with E-state index in [2.05, 4.69) is 5.32 Å². The number of amides is 2. The molecule has 0 atom stereocenters. The second-order valence-corrected chi connectivity index (χ2v) is 11.6. The highest BCUT2D eigenvalue weighted by Crippen LogP contribution is 2.49. The van der Waals surface area contributed by atoms with E-state index < -0.39 is 23.4 Å². The molecule has 1 N–H and O–H groups in total. The molecule has 0 aromatic heterocycles. The van der Waals surface area contributed by atoms with Gasteiger partial charge in [-0.3, -0.25) is 19.2 Å². The van der Waals surface area contributed by atoms with E-state index in [1.165, 1.54) is 12.1 Å². The van der Waals surface area contributed by atoms with Crippen molar-refractivity contribution >= 4 is 134 Å². The molecule has 3 aromatic carbocycles. The zero-order chi connectivity index (χ0) is 28.9. The Morgan fingerprint density at radius 2 is 1.00 bits per heavy atom. The van der Waals surface area contributed by atoms with Crippen molar-refractivity contribution in [3.05, 3.63) is 104 Å². The molecule has 40 heavy (non-hydrogen) atoms. The van der Waals surface area contributed by atoms with E-state index in [1.54, 1.807) is 18.2 Å². The normalized spacial score (nSPS) is 15.7. The molecule has 0 fully saturated rings. The first-order valence-corrected chi connectivity index (χ1v) is 13.9. The number of hydrogen-bond acceptors (Lipinski definition) is 5. The topological polar surface area (TPSA) is 83.6 Å². The number of imide groups is 1. The van der Waals surface area contributed by atoms with Crippen LogP contribution in [-0.4, -0.2) is 23.4 Å². The highest BCUT2D eigenvalue weighted by molar-refractivity contribution is 6.58. The number of carbonyl (C=O) groups excluding carboxylic acids is 4. The van der Waals surface area contributed by atoms with E-state index in [9.17, 15) is 19.2 Å². The van der Waals surface area contributed by atoms with Crippen LogP contribution in [0.5, 0.6) is 0 Å². The Morgan fingerprint density at radius 3 is 1.48 bits per heavy atom. The molecule has 0 spiro atoms. The van der Waals surface area contributed by atoms with Gasteiger partial charge < -0.3 is 5.32 Å². The number of ketones is 2. The number of para-hydroxylation sites is 1. The maximum Gasteiger partial charge on any atom is 0.267 e.